The molecule has 0 N–H and O–H groups in total. The van der Waals surface area contributed by atoms with Gasteiger partial charge in [0.15, 0.2) is 0 Å². The summed E-state index contributed by atoms with van der Waals surface area (Å²) in [5.74, 6) is 0.692. The number of hydrogen-bond acceptors (Lipinski definition) is 5. The van der Waals surface area contributed by atoms with Crippen molar-refractivity contribution in [3.05, 3.63) is 106 Å². The molecule has 0 radical (unpaired) electrons. The van der Waals surface area contributed by atoms with Crippen LogP contribution in [0.5, 0.6) is 0 Å². The Hall–Kier alpha value is -4.23. The molecule has 0 spiro atoms. The molecule has 0 fully saturated rings. The maximum Gasteiger partial charge on any atom is 0.277 e. The number of rotatable bonds is 4. The van der Waals surface area contributed by atoms with Crippen molar-refractivity contribution in [1.82, 2.24) is 24.3 Å². The summed E-state index contributed by atoms with van der Waals surface area (Å²) >= 11 is 6.22. The van der Waals surface area contributed by atoms with Gasteiger partial charge < -0.3 is 9.09 Å². The van der Waals surface area contributed by atoms with Gasteiger partial charge in [-0.2, -0.15) is 10.1 Å². The van der Waals surface area contributed by atoms with Gasteiger partial charge in [0.1, 0.15) is 12.1 Å². The number of benzene rings is 3. The molecule has 0 unspecified atom stereocenters. The molecule has 160 valence electrons. The molecule has 3 aromatic carbocycles. The molecular formula is C25H16ClN5O2. The maximum absolute atomic E-state index is 13.2. The van der Waals surface area contributed by atoms with Crippen molar-refractivity contribution in [2.45, 2.75) is 6.54 Å². The molecule has 8 heteroatoms. The SMILES string of the molecule is O=c1c2cc(-c3cccc4ccccc34)nn2ccn1Cc1nc(-c2ccccc2Cl)no1. The lowest BCUT2D eigenvalue weighted by molar-refractivity contribution is 0.370. The second-order valence-corrected chi connectivity index (χ2v) is 8.02. The molecule has 3 aromatic heterocycles. The van der Waals surface area contributed by atoms with Crippen LogP contribution in [-0.4, -0.2) is 24.3 Å². The molecule has 0 saturated carbocycles. The van der Waals surface area contributed by atoms with E-state index in [-0.39, 0.29) is 12.1 Å². The quantitative estimate of drug-likeness (QED) is 0.372. The highest BCUT2D eigenvalue weighted by Gasteiger charge is 2.15. The highest BCUT2D eigenvalue weighted by atomic mass is 35.5. The van der Waals surface area contributed by atoms with E-state index in [4.69, 9.17) is 16.1 Å². The minimum atomic E-state index is -0.200. The fourth-order valence-corrected chi connectivity index (χ4v) is 4.17. The number of nitrogens with zero attached hydrogens (tertiary/aromatic N) is 5. The lowest BCUT2D eigenvalue weighted by atomic mass is 10.0. The summed E-state index contributed by atoms with van der Waals surface area (Å²) in [5.41, 5.74) is 2.65. The van der Waals surface area contributed by atoms with Gasteiger partial charge in [-0.05, 0) is 29.0 Å². The summed E-state index contributed by atoms with van der Waals surface area (Å²) in [6, 6.07) is 23.2. The van der Waals surface area contributed by atoms with Gasteiger partial charge in [-0.15, -0.1) is 0 Å². The van der Waals surface area contributed by atoms with Gasteiger partial charge >= 0.3 is 0 Å². The topological polar surface area (TPSA) is 78.2 Å². The van der Waals surface area contributed by atoms with Crippen molar-refractivity contribution in [1.29, 1.82) is 0 Å². The summed E-state index contributed by atoms with van der Waals surface area (Å²) in [6.45, 7) is 0.140. The molecule has 0 atom stereocenters. The van der Waals surface area contributed by atoms with Gasteiger partial charge in [0.2, 0.25) is 11.7 Å². The third-order valence-corrected chi connectivity index (χ3v) is 5.89. The summed E-state index contributed by atoms with van der Waals surface area (Å²) in [5, 5.41) is 11.4. The van der Waals surface area contributed by atoms with E-state index >= 15 is 0 Å². The first-order valence-corrected chi connectivity index (χ1v) is 10.7. The number of hydrogen-bond donors (Lipinski definition) is 0. The molecule has 6 rings (SSSR count). The van der Waals surface area contributed by atoms with Crippen LogP contribution in [0, 0.1) is 0 Å². The summed E-state index contributed by atoms with van der Waals surface area (Å²) in [4.78, 5) is 17.6. The Kier molecular flexibility index (Phi) is 4.55. The van der Waals surface area contributed by atoms with Crippen LogP contribution in [-0.2, 0) is 6.54 Å². The summed E-state index contributed by atoms with van der Waals surface area (Å²) in [6.07, 6.45) is 3.41. The van der Waals surface area contributed by atoms with Gasteiger partial charge in [0.05, 0.1) is 10.7 Å². The third-order valence-electron chi connectivity index (χ3n) is 5.56. The Labute approximate surface area is 192 Å². The Morgan fingerprint density at radius 1 is 0.909 bits per heavy atom. The zero-order valence-electron chi connectivity index (χ0n) is 17.2. The molecule has 7 nitrogen and oxygen atoms in total. The highest BCUT2D eigenvalue weighted by Crippen LogP contribution is 2.28. The first kappa shape index (κ1) is 19.5. The predicted octanol–water partition coefficient (Wildman–Crippen LogP) is 5.07. The Morgan fingerprint density at radius 3 is 2.61 bits per heavy atom. The van der Waals surface area contributed by atoms with Crippen molar-refractivity contribution >= 4 is 27.9 Å². The lowest BCUT2D eigenvalue weighted by Gasteiger charge is -2.03. The fraction of sp³-hybridized carbons (Fsp3) is 0.0400. The van der Waals surface area contributed by atoms with E-state index in [0.29, 0.717) is 27.8 Å². The lowest BCUT2D eigenvalue weighted by Crippen LogP contribution is -2.21. The van der Waals surface area contributed by atoms with Crippen LogP contribution in [0.15, 0.2) is 94.5 Å². The molecule has 0 aliphatic heterocycles. The zero-order chi connectivity index (χ0) is 22.4. The second-order valence-electron chi connectivity index (χ2n) is 7.61. The van der Waals surface area contributed by atoms with E-state index in [1.807, 2.05) is 48.5 Å². The van der Waals surface area contributed by atoms with E-state index < -0.39 is 0 Å². The molecule has 6 aromatic rings. The minimum absolute atomic E-state index is 0.140. The third kappa shape index (κ3) is 3.39. The van der Waals surface area contributed by atoms with E-state index in [9.17, 15) is 4.79 Å². The molecule has 0 aliphatic carbocycles. The minimum Gasteiger partial charge on any atom is -0.337 e. The van der Waals surface area contributed by atoms with Crippen LogP contribution in [0.3, 0.4) is 0 Å². The van der Waals surface area contributed by atoms with Crippen molar-refractivity contribution in [2.75, 3.05) is 0 Å². The van der Waals surface area contributed by atoms with Gasteiger partial charge in [0, 0.05) is 23.5 Å². The van der Waals surface area contributed by atoms with Gasteiger partial charge in [0.25, 0.3) is 5.56 Å². The maximum atomic E-state index is 13.2. The van der Waals surface area contributed by atoms with Crippen LogP contribution >= 0.6 is 11.6 Å². The van der Waals surface area contributed by atoms with Gasteiger partial charge in [-0.1, -0.05) is 71.4 Å². The highest BCUT2D eigenvalue weighted by molar-refractivity contribution is 6.33. The number of aromatic nitrogens is 5. The van der Waals surface area contributed by atoms with E-state index in [1.54, 1.807) is 23.0 Å². The molecule has 0 saturated heterocycles. The normalized spacial score (nSPS) is 11.4. The molecule has 0 bridgehead atoms. The Bertz CT molecular complexity index is 1690. The Balaban J connectivity index is 1.37. The van der Waals surface area contributed by atoms with E-state index in [0.717, 1.165) is 22.0 Å². The summed E-state index contributed by atoms with van der Waals surface area (Å²) in [7, 11) is 0. The standard InChI is InChI=1S/C25H16ClN5O2/c26-20-11-4-3-9-19(20)24-27-23(33-29-24)15-30-12-13-31-22(25(30)32)14-21(28-31)18-10-5-7-16-6-1-2-8-17(16)18/h1-14H,15H2. The monoisotopic (exact) mass is 453 g/mol. The number of halogens is 1. The van der Waals surface area contributed by atoms with Crippen molar-refractivity contribution in [3.8, 4) is 22.6 Å². The average molecular weight is 454 g/mol. The van der Waals surface area contributed by atoms with Crippen LogP contribution in [0.25, 0.3) is 38.9 Å². The van der Waals surface area contributed by atoms with Crippen LogP contribution < -0.4 is 5.56 Å². The molecule has 3 heterocycles. The summed E-state index contributed by atoms with van der Waals surface area (Å²) < 4.78 is 8.48. The fourth-order valence-electron chi connectivity index (χ4n) is 3.95. The van der Waals surface area contributed by atoms with Gasteiger partial charge in [-0.25, -0.2) is 4.52 Å². The Morgan fingerprint density at radius 2 is 1.70 bits per heavy atom. The van der Waals surface area contributed by atoms with E-state index in [1.165, 1.54) is 4.57 Å². The first-order chi connectivity index (χ1) is 16.2. The smallest absolute Gasteiger partial charge is 0.277 e. The van der Waals surface area contributed by atoms with Crippen LogP contribution in [0.2, 0.25) is 5.02 Å². The van der Waals surface area contributed by atoms with Crippen LogP contribution in [0.4, 0.5) is 0 Å². The van der Waals surface area contributed by atoms with Crippen molar-refractivity contribution in [3.63, 3.8) is 0 Å². The molecule has 0 aliphatic rings. The van der Waals surface area contributed by atoms with Crippen molar-refractivity contribution < 1.29 is 4.52 Å². The zero-order valence-corrected chi connectivity index (χ0v) is 18.0. The molecule has 0 amide bonds. The van der Waals surface area contributed by atoms with Crippen molar-refractivity contribution in [2.24, 2.45) is 0 Å². The largest absolute Gasteiger partial charge is 0.337 e. The number of fused-ring (bicyclic) bond motifs is 2. The first-order valence-electron chi connectivity index (χ1n) is 10.3. The van der Waals surface area contributed by atoms with Gasteiger partial charge in [-0.3, -0.25) is 4.79 Å². The average Bonchev–Trinajstić information content (AvgIpc) is 3.48. The second kappa shape index (κ2) is 7.72. The van der Waals surface area contributed by atoms with Crippen LogP contribution in [0.1, 0.15) is 5.89 Å². The molecular weight excluding hydrogens is 438 g/mol. The molecule has 33 heavy (non-hydrogen) atoms. The van der Waals surface area contributed by atoms with E-state index in [2.05, 4.69) is 33.4 Å². The predicted molar refractivity (Wildman–Crippen MR) is 126 cm³/mol.